The summed E-state index contributed by atoms with van der Waals surface area (Å²) in [6.07, 6.45) is 7.53. The highest BCUT2D eigenvalue weighted by molar-refractivity contribution is 5.94. The summed E-state index contributed by atoms with van der Waals surface area (Å²) in [7, 11) is 0. The Kier molecular flexibility index (Phi) is 4.96. The minimum atomic E-state index is -0.0196. The van der Waals surface area contributed by atoms with E-state index in [1.165, 1.54) is 19.3 Å². The van der Waals surface area contributed by atoms with Crippen LogP contribution in [0.25, 0.3) is 5.69 Å². The smallest absolute Gasteiger partial charge is 0.272 e. The molecule has 1 amide bonds. The van der Waals surface area contributed by atoms with Crippen molar-refractivity contribution in [2.24, 2.45) is 17.8 Å². The molecule has 4 aliphatic carbocycles. The summed E-state index contributed by atoms with van der Waals surface area (Å²) < 4.78 is 13.4. The van der Waals surface area contributed by atoms with Crippen LogP contribution in [0.5, 0.6) is 11.5 Å². The predicted octanol–water partition coefficient (Wildman–Crippen LogP) is 4.38. The number of carbonyl (C=O) groups is 1. The van der Waals surface area contributed by atoms with Gasteiger partial charge in [-0.15, -0.1) is 12.4 Å². The van der Waals surface area contributed by atoms with Gasteiger partial charge in [0, 0.05) is 11.6 Å². The second-order valence-electron chi connectivity index (χ2n) is 9.91. The number of amides is 1. The number of ether oxygens (including phenoxy) is 2. The van der Waals surface area contributed by atoms with Crippen LogP contribution >= 0.6 is 12.4 Å². The molecule has 5 aliphatic rings. The van der Waals surface area contributed by atoms with Crippen LogP contribution in [0.2, 0.25) is 0 Å². The van der Waals surface area contributed by atoms with Crippen LogP contribution in [-0.4, -0.2) is 34.2 Å². The molecule has 166 valence electrons. The molecular formula is C24H30ClN3O3. The van der Waals surface area contributed by atoms with Crippen molar-refractivity contribution in [3.8, 4) is 17.2 Å². The molecule has 0 atom stereocenters. The lowest BCUT2D eigenvalue weighted by atomic mass is 9.53. The normalized spacial score (nSPS) is 30.1. The van der Waals surface area contributed by atoms with Crippen LogP contribution in [0.15, 0.2) is 18.2 Å². The maximum atomic E-state index is 13.3. The van der Waals surface area contributed by atoms with Gasteiger partial charge >= 0.3 is 0 Å². The quantitative estimate of drug-likeness (QED) is 0.764. The Labute approximate surface area is 189 Å². The van der Waals surface area contributed by atoms with Gasteiger partial charge in [-0.3, -0.25) is 4.79 Å². The van der Waals surface area contributed by atoms with E-state index in [2.05, 4.69) is 10.3 Å². The Morgan fingerprint density at radius 2 is 1.65 bits per heavy atom. The second kappa shape index (κ2) is 7.44. The van der Waals surface area contributed by atoms with Gasteiger partial charge in [0.25, 0.3) is 5.91 Å². The minimum Gasteiger partial charge on any atom is -0.486 e. The summed E-state index contributed by atoms with van der Waals surface area (Å²) in [5.41, 5.74) is 2.34. The summed E-state index contributed by atoms with van der Waals surface area (Å²) in [6, 6.07) is 5.89. The van der Waals surface area contributed by atoms with E-state index in [9.17, 15) is 4.79 Å². The topological polar surface area (TPSA) is 65.4 Å². The molecule has 0 radical (unpaired) electrons. The van der Waals surface area contributed by atoms with Crippen molar-refractivity contribution in [2.75, 3.05) is 13.2 Å². The molecule has 4 fully saturated rings. The fraction of sp³-hybridized carbons (Fsp3) is 0.583. The number of rotatable bonds is 3. The van der Waals surface area contributed by atoms with Crippen molar-refractivity contribution in [3.63, 3.8) is 0 Å². The van der Waals surface area contributed by atoms with Gasteiger partial charge < -0.3 is 19.4 Å². The van der Waals surface area contributed by atoms with Crippen molar-refractivity contribution in [2.45, 2.75) is 57.9 Å². The third kappa shape index (κ3) is 3.39. The molecule has 1 N–H and O–H groups in total. The van der Waals surface area contributed by atoms with E-state index in [-0.39, 0.29) is 23.9 Å². The zero-order valence-corrected chi connectivity index (χ0v) is 19.0. The largest absolute Gasteiger partial charge is 0.486 e. The Balaban J connectivity index is 0.00000204. The number of fused-ring (bicyclic) bond motifs is 1. The molecule has 0 spiro atoms. The van der Waals surface area contributed by atoms with Gasteiger partial charge in [-0.05, 0) is 82.3 Å². The molecule has 0 saturated heterocycles. The maximum absolute atomic E-state index is 13.3. The number of imidazole rings is 1. The number of carbonyl (C=O) groups excluding carboxylic acids is 1. The van der Waals surface area contributed by atoms with Gasteiger partial charge in [0.1, 0.15) is 24.7 Å². The first-order valence-corrected chi connectivity index (χ1v) is 11.3. The molecule has 4 saturated carbocycles. The highest BCUT2D eigenvalue weighted by Gasteiger charge is 2.51. The minimum absolute atomic E-state index is 0. The fourth-order valence-corrected chi connectivity index (χ4v) is 6.97. The lowest BCUT2D eigenvalue weighted by molar-refractivity contribution is -0.0167. The predicted molar refractivity (Wildman–Crippen MR) is 120 cm³/mol. The lowest BCUT2D eigenvalue weighted by Crippen LogP contribution is -2.59. The third-order valence-corrected chi connectivity index (χ3v) is 7.69. The van der Waals surface area contributed by atoms with E-state index in [0.717, 1.165) is 65.7 Å². The summed E-state index contributed by atoms with van der Waals surface area (Å²) in [5, 5.41) is 3.46. The van der Waals surface area contributed by atoms with E-state index in [1.54, 1.807) is 0 Å². The van der Waals surface area contributed by atoms with Crippen LogP contribution < -0.4 is 14.8 Å². The zero-order valence-electron chi connectivity index (χ0n) is 18.1. The Morgan fingerprint density at radius 1 is 1.03 bits per heavy atom. The first kappa shape index (κ1) is 20.7. The summed E-state index contributed by atoms with van der Waals surface area (Å²) >= 11 is 0. The van der Waals surface area contributed by atoms with Crippen LogP contribution in [-0.2, 0) is 0 Å². The van der Waals surface area contributed by atoms with Crippen molar-refractivity contribution in [1.29, 1.82) is 0 Å². The molecule has 1 aliphatic heterocycles. The van der Waals surface area contributed by atoms with Gasteiger partial charge in [-0.2, -0.15) is 0 Å². The standard InChI is InChI=1S/C24H29N3O3.ClH/c1-14-22(23(28)26-24-11-16-7-17(12-24)9-18(8-16)13-24)25-15(2)27(14)19-3-4-20-21(10-19)30-6-5-29-20;/h3-4,10,16-18H,5-9,11-13H2,1-2H3,(H,26,28);1H. The third-order valence-electron chi connectivity index (χ3n) is 7.69. The highest BCUT2D eigenvalue weighted by atomic mass is 35.5. The number of benzene rings is 1. The first-order valence-electron chi connectivity index (χ1n) is 11.3. The van der Waals surface area contributed by atoms with Crippen LogP contribution in [0, 0.1) is 31.6 Å². The monoisotopic (exact) mass is 443 g/mol. The fourth-order valence-electron chi connectivity index (χ4n) is 6.97. The number of hydrogen-bond acceptors (Lipinski definition) is 4. The van der Waals surface area contributed by atoms with E-state index >= 15 is 0 Å². The summed E-state index contributed by atoms with van der Waals surface area (Å²) in [4.78, 5) is 18.0. The number of aromatic nitrogens is 2. The first-order chi connectivity index (χ1) is 14.5. The van der Waals surface area contributed by atoms with Crippen molar-refractivity contribution >= 4 is 18.3 Å². The van der Waals surface area contributed by atoms with Gasteiger partial charge in [0.05, 0.1) is 11.4 Å². The van der Waals surface area contributed by atoms with Crippen LogP contribution in [0.1, 0.15) is 60.5 Å². The number of halogens is 1. The van der Waals surface area contributed by atoms with E-state index in [4.69, 9.17) is 9.47 Å². The summed E-state index contributed by atoms with van der Waals surface area (Å²) in [5.74, 6) is 4.69. The van der Waals surface area contributed by atoms with Gasteiger partial charge in [0.2, 0.25) is 0 Å². The van der Waals surface area contributed by atoms with E-state index in [0.29, 0.717) is 18.9 Å². The number of nitrogens with zero attached hydrogens (tertiary/aromatic N) is 2. The van der Waals surface area contributed by atoms with Crippen molar-refractivity contribution in [1.82, 2.24) is 14.9 Å². The molecule has 2 aromatic rings. The van der Waals surface area contributed by atoms with Gasteiger partial charge in [-0.25, -0.2) is 4.98 Å². The van der Waals surface area contributed by atoms with Crippen LogP contribution in [0.3, 0.4) is 0 Å². The Bertz CT molecular complexity index is 996. The van der Waals surface area contributed by atoms with Gasteiger partial charge in [0.15, 0.2) is 11.5 Å². The van der Waals surface area contributed by atoms with Crippen LogP contribution in [0.4, 0.5) is 0 Å². The number of aryl methyl sites for hydroxylation is 1. The molecule has 7 heteroatoms. The SMILES string of the molecule is Cc1nc(C(=O)NC23CC4CC(CC(C4)C2)C3)c(C)n1-c1ccc2c(c1)OCCO2.Cl. The molecule has 7 rings (SSSR count). The molecule has 4 bridgehead atoms. The van der Waals surface area contributed by atoms with Gasteiger partial charge in [-0.1, -0.05) is 0 Å². The second-order valence-corrected chi connectivity index (χ2v) is 9.91. The lowest BCUT2D eigenvalue weighted by Gasteiger charge is -2.56. The molecule has 2 heterocycles. The van der Waals surface area contributed by atoms with E-state index < -0.39 is 0 Å². The van der Waals surface area contributed by atoms with E-state index in [1.807, 2.05) is 36.6 Å². The number of hydrogen-bond donors (Lipinski definition) is 1. The average molecular weight is 444 g/mol. The molecular weight excluding hydrogens is 414 g/mol. The highest BCUT2D eigenvalue weighted by Crippen LogP contribution is 2.55. The zero-order chi connectivity index (χ0) is 20.5. The molecule has 31 heavy (non-hydrogen) atoms. The number of nitrogens with one attached hydrogen (secondary N) is 1. The molecule has 6 nitrogen and oxygen atoms in total. The molecule has 1 aromatic heterocycles. The Hall–Kier alpha value is -2.21. The Morgan fingerprint density at radius 3 is 2.29 bits per heavy atom. The molecule has 0 unspecified atom stereocenters. The molecule has 1 aromatic carbocycles. The summed E-state index contributed by atoms with van der Waals surface area (Å²) in [6.45, 7) is 5.05. The van der Waals surface area contributed by atoms with Crippen molar-refractivity contribution in [3.05, 3.63) is 35.4 Å². The average Bonchev–Trinajstić information content (AvgIpc) is 3.00. The maximum Gasteiger partial charge on any atom is 0.272 e. The van der Waals surface area contributed by atoms with Crippen molar-refractivity contribution < 1.29 is 14.3 Å².